The molecule has 3 aromatic rings. The zero-order valence-corrected chi connectivity index (χ0v) is 11.6. The number of nitrogens with two attached hydrogens (primary N) is 1. The third kappa shape index (κ3) is 2.12. The largest absolute Gasteiger partial charge is 0.496 e. The zero-order chi connectivity index (χ0) is 14.1. The standard InChI is InChI=1S/C15H12N2O2S/c1-19-13-4-2-10(15(16)18)6-11(13)9-3-5-14-12(7-9)17-8-20-14/h2-8H,1H3,(H2,16,18). The van der Waals surface area contributed by atoms with Crippen molar-refractivity contribution in [2.24, 2.45) is 5.73 Å². The summed E-state index contributed by atoms with van der Waals surface area (Å²) in [5.74, 6) is 0.244. The van der Waals surface area contributed by atoms with Crippen LogP contribution >= 0.6 is 11.3 Å². The van der Waals surface area contributed by atoms with Crippen LogP contribution in [0, 0.1) is 0 Å². The molecule has 0 atom stereocenters. The highest BCUT2D eigenvalue weighted by molar-refractivity contribution is 7.16. The van der Waals surface area contributed by atoms with Gasteiger partial charge in [0.15, 0.2) is 0 Å². The number of primary amides is 1. The fraction of sp³-hybridized carbons (Fsp3) is 0.0667. The van der Waals surface area contributed by atoms with Crippen LogP contribution in [0.25, 0.3) is 21.3 Å². The number of rotatable bonds is 3. The van der Waals surface area contributed by atoms with Gasteiger partial charge >= 0.3 is 0 Å². The lowest BCUT2D eigenvalue weighted by molar-refractivity contribution is 0.100. The first kappa shape index (κ1) is 12.6. The van der Waals surface area contributed by atoms with Crippen LogP contribution in [0.5, 0.6) is 5.75 Å². The maximum absolute atomic E-state index is 11.3. The van der Waals surface area contributed by atoms with Crippen molar-refractivity contribution >= 4 is 27.5 Å². The fourth-order valence-corrected chi connectivity index (χ4v) is 2.77. The number of benzene rings is 2. The predicted molar refractivity (Wildman–Crippen MR) is 80.1 cm³/mol. The quantitative estimate of drug-likeness (QED) is 0.803. The molecule has 0 aliphatic heterocycles. The van der Waals surface area contributed by atoms with Gasteiger partial charge in [-0.25, -0.2) is 4.98 Å². The van der Waals surface area contributed by atoms with Crippen LogP contribution < -0.4 is 10.5 Å². The van der Waals surface area contributed by atoms with Crippen molar-refractivity contribution in [1.29, 1.82) is 0 Å². The highest BCUT2D eigenvalue weighted by atomic mass is 32.1. The molecule has 0 unspecified atom stereocenters. The summed E-state index contributed by atoms with van der Waals surface area (Å²) in [6.07, 6.45) is 0. The molecule has 5 heteroatoms. The summed E-state index contributed by atoms with van der Waals surface area (Å²) in [4.78, 5) is 15.6. The van der Waals surface area contributed by atoms with Gasteiger partial charge in [-0.15, -0.1) is 11.3 Å². The predicted octanol–water partition coefficient (Wildman–Crippen LogP) is 3.07. The SMILES string of the molecule is COc1ccc(C(N)=O)cc1-c1ccc2scnc2c1. The van der Waals surface area contributed by atoms with Crippen LogP contribution in [0.15, 0.2) is 41.9 Å². The molecule has 4 nitrogen and oxygen atoms in total. The Morgan fingerprint density at radius 3 is 2.85 bits per heavy atom. The van der Waals surface area contributed by atoms with E-state index in [2.05, 4.69) is 4.98 Å². The molecule has 1 heterocycles. The molecule has 0 fully saturated rings. The second-order valence-corrected chi connectivity index (χ2v) is 5.20. The Kier molecular flexibility index (Phi) is 3.12. The molecular weight excluding hydrogens is 272 g/mol. The molecule has 100 valence electrons. The Morgan fingerprint density at radius 2 is 2.10 bits per heavy atom. The summed E-state index contributed by atoms with van der Waals surface area (Å²) >= 11 is 1.59. The lowest BCUT2D eigenvalue weighted by Gasteiger charge is -2.10. The molecule has 1 amide bonds. The molecule has 0 saturated heterocycles. The highest BCUT2D eigenvalue weighted by Gasteiger charge is 2.10. The Balaban J connectivity index is 2.20. The van der Waals surface area contributed by atoms with E-state index in [4.69, 9.17) is 10.5 Å². The summed E-state index contributed by atoms with van der Waals surface area (Å²) < 4.78 is 6.48. The average molecular weight is 284 g/mol. The van der Waals surface area contributed by atoms with Gasteiger partial charge in [0.05, 0.1) is 22.8 Å². The minimum atomic E-state index is -0.455. The second kappa shape index (κ2) is 4.94. The molecule has 0 saturated carbocycles. The number of carbonyl (C=O) groups is 1. The lowest BCUT2D eigenvalue weighted by atomic mass is 10.0. The van der Waals surface area contributed by atoms with E-state index in [1.807, 2.05) is 23.7 Å². The summed E-state index contributed by atoms with van der Waals surface area (Å²) in [5, 5.41) is 0. The summed E-state index contributed by atoms with van der Waals surface area (Å²) in [7, 11) is 1.60. The number of ether oxygens (including phenoxy) is 1. The first-order valence-corrected chi connectivity index (χ1v) is 6.88. The zero-order valence-electron chi connectivity index (χ0n) is 10.8. The third-order valence-electron chi connectivity index (χ3n) is 3.13. The van der Waals surface area contributed by atoms with E-state index in [1.54, 1.807) is 36.6 Å². The highest BCUT2D eigenvalue weighted by Crippen LogP contribution is 2.33. The van der Waals surface area contributed by atoms with Crippen molar-refractivity contribution in [3.05, 3.63) is 47.5 Å². The Bertz CT molecular complexity index is 795. The van der Waals surface area contributed by atoms with Crippen molar-refractivity contribution < 1.29 is 9.53 Å². The second-order valence-electron chi connectivity index (χ2n) is 4.31. The molecule has 0 radical (unpaired) electrons. The molecular formula is C15H12N2O2S. The van der Waals surface area contributed by atoms with Gasteiger partial charge in [0, 0.05) is 11.1 Å². The number of nitrogens with zero attached hydrogens (tertiary/aromatic N) is 1. The minimum Gasteiger partial charge on any atom is -0.496 e. The first-order valence-electron chi connectivity index (χ1n) is 6.00. The van der Waals surface area contributed by atoms with Crippen molar-refractivity contribution in [3.8, 4) is 16.9 Å². The number of amides is 1. The van der Waals surface area contributed by atoms with Crippen molar-refractivity contribution in [3.63, 3.8) is 0 Å². The smallest absolute Gasteiger partial charge is 0.248 e. The molecule has 0 aliphatic rings. The molecule has 20 heavy (non-hydrogen) atoms. The minimum absolute atomic E-state index is 0.455. The topological polar surface area (TPSA) is 65.2 Å². The van der Waals surface area contributed by atoms with E-state index in [1.165, 1.54) is 0 Å². The van der Waals surface area contributed by atoms with E-state index >= 15 is 0 Å². The van der Waals surface area contributed by atoms with Gasteiger partial charge in [-0.2, -0.15) is 0 Å². The van der Waals surface area contributed by atoms with Crippen LogP contribution in [-0.4, -0.2) is 18.0 Å². The normalized spacial score (nSPS) is 10.7. The Morgan fingerprint density at radius 1 is 1.25 bits per heavy atom. The molecule has 1 aromatic heterocycles. The van der Waals surface area contributed by atoms with E-state index in [0.29, 0.717) is 11.3 Å². The molecule has 2 N–H and O–H groups in total. The Hall–Kier alpha value is -2.40. The Labute approximate surface area is 119 Å². The molecule has 3 rings (SSSR count). The van der Waals surface area contributed by atoms with Gasteiger partial charge in [0.1, 0.15) is 5.75 Å². The maximum atomic E-state index is 11.3. The van der Waals surface area contributed by atoms with Crippen molar-refractivity contribution in [2.45, 2.75) is 0 Å². The summed E-state index contributed by atoms with van der Waals surface area (Å²) in [6, 6.07) is 11.1. The molecule has 2 aromatic carbocycles. The van der Waals surface area contributed by atoms with Gasteiger partial charge in [0.25, 0.3) is 0 Å². The van der Waals surface area contributed by atoms with E-state index in [-0.39, 0.29) is 0 Å². The van der Waals surface area contributed by atoms with E-state index < -0.39 is 5.91 Å². The molecule has 0 spiro atoms. The van der Waals surface area contributed by atoms with Gasteiger partial charge < -0.3 is 10.5 Å². The summed E-state index contributed by atoms with van der Waals surface area (Å²) in [5.41, 5.74) is 10.3. The van der Waals surface area contributed by atoms with Crippen LogP contribution in [0.1, 0.15) is 10.4 Å². The maximum Gasteiger partial charge on any atom is 0.248 e. The van der Waals surface area contributed by atoms with Gasteiger partial charge in [-0.05, 0) is 35.9 Å². The number of fused-ring (bicyclic) bond motifs is 1. The number of thiazole rings is 1. The lowest BCUT2D eigenvalue weighted by Crippen LogP contribution is -2.10. The van der Waals surface area contributed by atoms with Gasteiger partial charge in [-0.3, -0.25) is 4.79 Å². The van der Waals surface area contributed by atoms with Crippen LogP contribution in [0.3, 0.4) is 0 Å². The summed E-state index contributed by atoms with van der Waals surface area (Å²) in [6.45, 7) is 0. The number of carbonyl (C=O) groups excluding carboxylic acids is 1. The third-order valence-corrected chi connectivity index (χ3v) is 3.94. The monoisotopic (exact) mass is 284 g/mol. The van der Waals surface area contributed by atoms with Crippen LogP contribution in [-0.2, 0) is 0 Å². The number of methoxy groups -OCH3 is 1. The fourth-order valence-electron chi connectivity index (χ4n) is 2.11. The van der Waals surface area contributed by atoms with Crippen molar-refractivity contribution in [1.82, 2.24) is 4.98 Å². The first-order chi connectivity index (χ1) is 9.69. The number of hydrogen-bond acceptors (Lipinski definition) is 4. The molecule has 0 bridgehead atoms. The average Bonchev–Trinajstić information content (AvgIpc) is 2.93. The van der Waals surface area contributed by atoms with Gasteiger partial charge in [-0.1, -0.05) is 6.07 Å². The van der Waals surface area contributed by atoms with Gasteiger partial charge in [0.2, 0.25) is 5.91 Å². The number of aromatic nitrogens is 1. The van der Waals surface area contributed by atoms with Crippen LogP contribution in [0.4, 0.5) is 0 Å². The van der Waals surface area contributed by atoms with E-state index in [0.717, 1.165) is 21.3 Å². The van der Waals surface area contributed by atoms with Crippen LogP contribution in [0.2, 0.25) is 0 Å². The number of hydrogen-bond donors (Lipinski definition) is 1. The molecule has 0 aliphatic carbocycles. The van der Waals surface area contributed by atoms with Crippen molar-refractivity contribution in [2.75, 3.05) is 7.11 Å². The van der Waals surface area contributed by atoms with E-state index in [9.17, 15) is 4.79 Å².